The van der Waals surface area contributed by atoms with E-state index >= 15 is 0 Å². The standard InChI is InChI=1S/C20H18Cl2N4O2S2/c1-30(27,28)23-7-6-13-2-4-14(5-3-13)18-12-29-19(25-18)9-16-11-26-10-15(21)8-17(22)20(26)24-16/h2-5,8,10-12,23H,6-7,9H2,1H3. The van der Waals surface area contributed by atoms with E-state index in [9.17, 15) is 8.42 Å². The van der Waals surface area contributed by atoms with Crippen molar-refractivity contribution >= 4 is 50.2 Å². The quantitative estimate of drug-likeness (QED) is 0.423. The number of nitrogens with zero attached hydrogens (tertiary/aromatic N) is 3. The zero-order valence-electron chi connectivity index (χ0n) is 16.0. The molecule has 0 aliphatic heterocycles. The number of sulfonamides is 1. The molecule has 0 aliphatic rings. The highest BCUT2D eigenvalue weighted by Gasteiger charge is 2.11. The molecule has 0 aliphatic carbocycles. The SMILES string of the molecule is CS(=O)(=O)NCCc1ccc(-c2csc(Cc3cn4cc(Cl)cc(Cl)c4n3)n2)cc1. The molecule has 3 heterocycles. The predicted octanol–water partition coefficient (Wildman–Crippen LogP) is 4.45. The molecule has 156 valence electrons. The van der Waals surface area contributed by atoms with Gasteiger partial charge in [-0.2, -0.15) is 0 Å². The maximum absolute atomic E-state index is 11.1. The number of nitrogens with one attached hydrogen (secondary N) is 1. The lowest BCUT2D eigenvalue weighted by Gasteiger charge is -2.04. The van der Waals surface area contributed by atoms with E-state index in [1.165, 1.54) is 0 Å². The van der Waals surface area contributed by atoms with Crippen molar-refractivity contribution < 1.29 is 8.42 Å². The number of imidazole rings is 1. The van der Waals surface area contributed by atoms with E-state index in [1.807, 2.05) is 40.2 Å². The first-order valence-corrected chi connectivity index (χ1v) is 12.6. The van der Waals surface area contributed by atoms with Crippen molar-refractivity contribution in [2.24, 2.45) is 0 Å². The number of pyridine rings is 1. The van der Waals surface area contributed by atoms with Crippen LogP contribution in [0.15, 0.2) is 48.1 Å². The van der Waals surface area contributed by atoms with Crippen molar-refractivity contribution in [2.75, 3.05) is 12.8 Å². The van der Waals surface area contributed by atoms with Gasteiger partial charge in [0.15, 0.2) is 5.65 Å². The number of hydrogen-bond acceptors (Lipinski definition) is 5. The molecule has 6 nitrogen and oxygen atoms in total. The Morgan fingerprint density at radius 2 is 1.90 bits per heavy atom. The number of halogens is 2. The van der Waals surface area contributed by atoms with Crippen LogP contribution < -0.4 is 4.72 Å². The Morgan fingerprint density at radius 3 is 2.63 bits per heavy atom. The maximum atomic E-state index is 11.1. The van der Waals surface area contributed by atoms with Crippen LogP contribution in [-0.4, -0.2) is 35.6 Å². The smallest absolute Gasteiger partial charge is 0.208 e. The zero-order valence-corrected chi connectivity index (χ0v) is 19.1. The largest absolute Gasteiger partial charge is 0.304 e. The fourth-order valence-corrected chi connectivity index (χ4v) is 4.88. The molecule has 30 heavy (non-hydrogen) atoms. The number of fused-ring (bicyclic) bond motifs is 1. The van der Waals surface area contributed by atoms with Crippen LogP contribution in [0.2, 0.25) is 10.0 Å². The molecule has 0 unspecified atom stereocenters. The molecule has 4 aromatic rings. The van der Waals surface area contributed by atoms with Gasteiger partial charge in [-0.1, -0.05) is 47.5 Å². The molecule has 3 aromatic heterocycles. The summed E-state index contributed by atoms with van der Waals surface area (Å²) in [5.41, 5.74) is 4.52. The normalized spacial score (nSPS) is 12.0. The van der Waals surface area contributed by atoms with E-state index in [-0.39, 0.29) is 0 Å². The Kier molecular flexibility index (Phi) is 6.13. The van der Waals surface area contributed by atoms with Crippen LogP contribution in [0.3, 0.4) is 0 Å². The van der Waals surface area contributed by atoms with Crippen molar-refractivity contribution in [3.8, 4) is 11.3 Å². The van der Waals surface area contributed by atoms with E-state index in [0.717, 1.165) is 33.8 Å². The summed E-state index contributed by atoms with van der Waals surface area (Å²) in [7, 11) is -3.16. The third-order valence-electron chi connectivity index (χ3n) is 4.43. The van der Waals surface area contributed by atoms with Crippen LogP contribution in [0.25, 0.3) is 16.9 Å². The fourth-order valence-electron chi connectivity index (χ4n) is 3.06. The monoisotopic (exact) mass is 480 g/mol. The summed E-state index contributed by atoms with van der Waals surface area (Å²) >= 11 is 13.8. The maximum Gasteiger partial charge on any atom is 0.208 e. The van der Waals surface area contributed by atoms with Crippen LogP contribution in [0.5, 0.6) is 0 Å². The number of hydrogen-bond donors (Lipinski definition) is 1. The summed E-state index contributed by atoms with van der Waals surface area (Å²) in [6, 6.07) is 9.67. The lowest BCUT2D eigenvalue weighted by molar-refractivity contribution is 0.588. The van der Waals surface area contributed by atoms with Gasteiger partial charge in [0.25, 0.3) is 0 Å². The first kappa shape index (κ1) is 21.3. The second-order valence-corrected chi connectivity index (χ2v) is 10.5. The Labute approximate surface area is 188 Å². The minimum absolute atomic E-state index is 0.382. The molecule has 0 saturated carbocycles. The van der Waals surface area contributed by atoms with Gasteiger partial charge < -0.3 is 4.40 Å². The molecular formula is C20H18Cl2N4O2S2. The van der Waals surface area contributed by atoms with Crippen LogP contribution in [0.1, 0.15) is 16.3 Å². The van der Waals surface area contributed by atoms with E-state index in [2.05, 4.69) is 9.71 Å². The van der Waals surface area contributed by atoms with Gasteiger partial charge in [-0.15, -0.1) is 11.3 Å². The highest BCUT2D eigenvalue weighted by atomic mass is 35.5. The third-order valence-corrected chi connectivity index (χ3v) is 6.50. The first-order valence-electron chi connectivity index (χ1n) is 9.08. The van der Waals surface area contributed by atoms with Crippen LogP contribution in [0, 0.1) is 0 Å². The summed E-state index contributed by atoms with van der Waals surface area (Å²) in [6.45, 7) is 0.382. The van der Waals surface area contributed by atoms with Crippen LogP contribution in [0.4, 0.5) is 0 Å². The first-order chi connectivity index (χ1) is 14.3. The Bertz CT molecular complexity index is 1300. The molecule has 4 rings (SSSR count). The number of benzene rings is 1. The van der Waals surface area contributed by atoms with Gasteiger partial charge in [0, 0.05) is 36.3 Å². The molecule has 1 N–H and O–H groups in total. The van der Waals surface area contributed by atoms with Crippen LogP contribution >= 0.6 is 34.5 Å². The van der Waals surface area contributed by atoms with Crippen molar-refractivity contribution in [1.82, 2.24) is 19.1 Å². The van der Waals surface area contributed by atoms with Gasteiger partial charge >= 0.3 is 0 Å². The van der Waals surface area contributed by atoms with Gasteiger partial charge in [0.2, 0.25) is 10.0 Å². The molecule has 10 heteroatoms. The van der Waals surface area contributed by atoms with Gasteiger partial charge in [0.05, 0.1) is 32.7 Å². The Morgan fingerprint density at radius 1 is 1.13 bits per heavy atom. The van der Waals surface area contributed by atoms with Crippen molar-refractivity contribution in [2.45, 2.75) is 12.8 Å². The molecule has 0 radical (unpaired) electrons. The van der Waals surface area contributed by atoms with Crippen LogP contribution in [-0.2, 0) is 22.9 Å². The predicted molar refractivity (Wildman–Crippen MR) is 122 cm³/mol. The topological polar surface area (TPSA) is 76.4 Å². The second-order valence-electron chi connectivity index (χ2n) is 6.89. The zero-order chi connectivity index (χ0) is 21.3. The molecular weight excluding hydrogens is 463 g/mol. The van der Waals surface area contributed by atoms with Gasteiger partial charge in [0.1, 0.15) is 0 Å². The molecule has 0 amide bonds. The number of thiazole rings is 1. The average Bonchev–Trinajstić information content (AvgIpc) is 3.28. The van der Waals surface area contributed by atoms with Gasteiger partial charge in [-0.25, -0.2) is 23.1 Å². The Balaban J connectivity index is 1.44. The molecule has 0 bridgehead atoms. The third kappa shape index (κ3) is 5.19. The molecule has 1 aromatic carbocycles. The lowest BCUT2D eigenvalue weighted by Crippen LogP contribution is -2.24. The summed E-state index contributed by atoms with van der Waals surface area (Å²) in [4.78, 5) is 9.31. The summed E-state index contributed by atoms with van der Waals surface area (Å²) in [5, 5.41) is 4.05. The lowest BCUT2D eigenvalue weighted by atomic mass is 10.1. The second kappa shape index (κ2) is 8.64. The van der Waals surface area contributed by atoms with Crippen molar-refractivity contribution in [3.05, 3.63) is 74.4 Å². The van der Waals surface area contributed by atoms with Crippen molar-refractivity contribution in [3.63, 3.8) is 0 Å². The van der Waals surface area contributed by atoms with Gasteiger partial charge in [-0.05, 0) is 18.1 Å². The minimum atomic E-state index is -3.16. The highest BCUT2D eigenvalue weighted by molar-refractivity contribution is 7.88. The highest BCUT2D eigenvalue weighted by Crippen LogP contribution is 2.26. The fraction of sp³-hybridized carbons (Fsp3) is 0.200. The molecule has 0 saturated heterocycles. The average molecular weight is 481 g/mol. The van der Waals surface area contributed by atoms with E-state index in [0.29, 0.717) is 35.1 Å². The van der Waals surface area contributed by atoms with Gasteiger partial charge in [-0.3, -0.25) is 0 Å². The summed E-state index contributed by atoms with van der Waals surface area (Å²) in [6.07, 6.45) is 6.09. The molecule has 0 fully saturated rings. The summed E-state index contributed by atoms with van der Waals surface area (Å²) in [5.74, 6) is 0. The number of rotatable bonds is 7. The van der Waals surface area contributed by atoms with E-state index in [4.69, 9.17) is 28.2 Å². The minimum Gasteiger partial charge on any atom is -0.304 e. The molecule has 0 atom stereocenters. The van der Waals surface area contributed by atoms with E-state index in [1.54, 1.807) is 23.6 Å². The molecule has 0 spiro atoms. The van der Waals surface area contributed by atoms with E-state index < -0.39 is 10.0 Å². The summed E-state index contributed by atoms with van der Waals surface area (Å²) < 4.78 is 26.6. The Hall–Kier alpha value is -1.97. The van der Waals surface area contributed by atoms with Crippen molar-refractivity contribution in [1.29, 1.82) is 0 Å². The number of aromatic nitrogens is 3.